The standard InChI is InChI=1S/C14H13F3N4S/c1-8-6-9(2)19-12(18-8)21-13(22)20-11-5-3-4-10(7-11)14(15,16)17/h3-7H,1-2H3,(H2,18,19,20,21,22). The summed E-state index contributed by atoms with van der Waals surface area (Å²) in [4.78, 5) is 8.29. The lowest BCUT2D eigenvalue weighted by atomic mass is 10.2. The number of hydrogen-bond donors (Lipinski definition) is 2. The van der Waals surface area contributed by atoms with Gasteiger partial charge in [-0.05, 0) is 50.3 Å². The summed E-state index contributed by atoms with van der Waals surface area (Å²) in [6, 6.07) is 6.58. The molecule has 0 atom stereocenters. The molecule has 0 radical (unpaired) electrons. The minimum Gasteiger partial charge on any atom is -0.332 e. The van der Waals surface area contributed by atoms with Gasteiger partial charge in [-0.2, -0.15) is 13.2 Å². The van der Waals surface area contributed by atoms with Gasteiger partial charge in [0.05, 0.1) is 5.56 Å². The SMILES string of the molecule is Cc1cc(C)nc(NC(=S)Nc2cccc(C(F)(F)F)c2)n1. The van der Waals surface area contributed by atoms with Crippen molar-refractivity contribution < 1.29 is 13.2 Å². The minimum atomic E-state index is -4.40. The number of halogens is 3. The number of benzene rings is 1. The molecular weight excluding hydrogens is 313 g/mol. The Hall–Kier alpha value is -2.22. The van der Waals surface area contributed by atoms with Crippen molar-refractivity contribution >= 4 is 29.0 Å². The first-order valence-electron chi connectivity index (χ1n) is 6.31. The van der Waals surface area contributed by atoms with Gasteiger partial charge in [-0.3, -0.25) is 0 Å². The van der Waals surface area contributed by atoms with Crippen molar-refractivity contribution in [1.29, 1.82) is 0 Å². The van der Waals surface area contributed by atoms with Gasteiger partial charge in [0, 0.05) is 17.1 Å². The van der Waals surface area contributed by atoms with Crippen LogP contribution in [0.3, 0.4) is 0 Å². The number of nitrogens with one attached hydrogen (secondary N) is 2. The summed E-state index contributed by atoms with van der Waals surface area (Å²) in [5.41, 5.74) is 1.01. The fourth-order valence-corrected chi connectivity index (χ4v) is 2.03. The number of alkyl halides is 3. The summed E-state index contributed by atoms with van der Waals surface area (Å²) < 4.78 is 37.9. The van der Waals surface area contributed by atoms with Crippen molar-refractivity contribution in [2.75, 3.05) is 10.6 Å². The quantitative estimate of drug-likeness (QED) is 0.819. The Labute approximate surface area is 130 Å². The zero-order valence-corrected chi connectivity index (χ0v) is 12.6. The van der Waals surface area contributed by atoms with Gasteiger partial charge in [-0.15, -0.1) is 0 Å². The average Bonchev–Trinajstić information content (AvgIpc) is 2.36. The fraction of sp³-hybridized carbons (Fsp3) is 0.214. The highest BCUT2D eigenvalue weighted by atomic mass is 32.1. The van der Waals surface area contributed by atoms with Crippen molar-refractivity contribution in [2.24, 2.45) is 0 Å². The van der Waals surface area contributed by atoms with Crippen LogP contribution in [0.25, 0.3) is 0 Å². The number of aryl methyl sites for hydroxylation is 2. The molecule has 4 nitrogen and oxygen atoms in total. The van der Waals surface area contributed by atoms with Crippen molar-refractivity contribution in [3.63, 3.8) is 0 Å². The number of nitrogens with zero attached hydrogens (tertiary/aromatic N) is 2. The Bertz CT molecular complexity index is 680. The first-order chi connectivity index (χ1) is 10.2. The van der Waals surface area contributed by atoms with Gasteiger partial charge >= 0.3 is 6.18 Å². The lowest BCUT2D eigenvalue weighted by Gasteiger charge is -2.12. The first kappa shape index (κ1) is 16.2. The summed E-state index contributed by atoms with van der Waals surface area (Å²) in [6.07, 6.45) is -4.40. The predicted molar refractivity (Wildman–Crippen MR) is 82.8 cm³/mol. The molecule has 0 fully saturated rings. The van der Waals surface area contributed by atoms with E-state index in [2.05, 4.69) is 20.6 Å². The number of thiocarbonyl (C=S) groups is 1. The number of rotatable bonds is 2. The van der Waals surface area contributed by atoms with Gasteiger partial charge in [-0.25, -0.2) is 9.97 Å². The molecule has 116 valence electrons. The van der Waals surface area contributed by atoms with E-state index in [1.54, 1.807) is 6.07 Å². The van der Waals surface area contributed by atoms with Crippen LogP contribution in [0.4, 0.5) is 24.8 Å². The molecule has 0 spiro atoms. The normalized spacial score (nSPS) is 11.1. The Morgan fingerprint density at radius 1 is 1.05 bits per heavy atom. The van der Waals surface area contributed by atoms with Crippen LogP contribution in [0.2, 0.25) is 0 Å². The second kappa shape index (κ2) is 6.27. The molecule has 1 aromatic heterocycles. The van der Waals surface area contributed by atoms with E-state index in [4.69, 9.17) is 12.2 Å². The van der Waals surface area contributed by atoms with Gasteiger partial charge < -0.3 is 10.6 Å². The van der Waals surface area contributed by atoms with Crippen molar-refractivity contribution in [3.05, 3.63) is 47.3 Å². The summed E-state index contributed by atoms with van der Waals surface area (Å²) in [5, 5.41) is 5.54. The molecule has 8 heteroatoms. The van der Waals surface area contributed by atoms with Crippen LogP contribution < -0.4 is 10.6 Å². The van der Waals surface area contributed by atoms with Crippen LogP contribution in [0.5, 0.6) is 0 Å². The van der Waals surface area contributed by atoms with E-state index >= 15 is 0 Å². The van der Waals surface area contributed by atoms with E-state index in [0.29, 0.717) is 5.95 Å². The van der Waals surface area contributed by atoms with Crippen molar-refractivity contribution in [1.82, 2.24) is 9.97 Å². The number of hydrogen-bond acceptors (Lipinski definition) is 3. The van der Waals surface area contributed by atoms with Crippen LogP contribution in [0, 0.1) is 13.8 Å². The van der Waals surface area contributed by atoms with E-state index in [-0.39, 0.29) is 10.8 Å². The maximum atomic E-state index is 12.6. The zero-order chi connectivity index (χ0) is 16.3. The largest absolute Gasteiger partial charge is 0.416 e. The number of aromatic nitrogens is 2. The maximum absolute atomic E-state index is 12.6. The van der Waals surface area contributed by atoms with E-state index in [0.717, 1.165) is 23.5 Å². The molecule has 0 aliphatic carbocycles. The molecule has 0 aliphatic rings. The summed E-state index contributed by atoms with van der Waals surface area (Å²) in [6.45, 7) is 3.62. The highest BCUT2D eigenvalue weighted by Gasteiger charge is 2.30. The third-order valence-electron chi connectivity index (χ3n) is 2.66. The van der Waals surface area contributed by atoms with E-state index < -0.39 is 11.7 Å². The monoisotopic (exact) mass is 326 g/mol. The van der Waals surface area contributed by atoms with E-state index in [1.165, 1.54) is 12.1 Å². The second-order valence-electron chi connectivity index (χ2n) is 4.63. The van der Waals surface area contributed by atoms with Crippen molar-refractivity contribution in [3.8, 4) is 0 Å². The van der Waals surface area contributed by atoms with Gasteiger partial charge in [0.2, 0.25) is 5.95 Å². The van der Waals surface area contributed by atoms with Gasteiger partial charge in [-0.1, -0.05) is 6.07 Å². The van der Waals surface area contributed by atoms with Gasteiger partial charge in [0.15, 0.2) is 5.11 Å². The molecule has 0 saturated carbocycles. The van der Waals surface area contributed by atoms with Crippen LogP contribution in [-0.2, 0) is 6.18 Å². The Balaban J connectivity index is 2.09. The molecule has 0 saturated heterocycles. The third kappa shape index (κ3) is 4.39. The Morgan fingerprint density at radius 3 is 2.27 bits per heavy atom. The van der Waals surface area contributed by atoms with Crippen molar-refractivity contribution in [2.45, 2.75) is 20.0 Å². The zero-order valence-electron chi connectivity index (χ0n) is 11.8. The van der Waals surface area contributed by atoms with Crippen LogP contribution in [0.15, 0.2) is 30.3 Å². The molecule has 2 aromatic rings. The lowest BCUT2D eigenvalue weighted by Crippen LogP contribution is -2.21. The summed E-state index contributed by atoms with van der Waals surface area (Å²) in [5.74, 6) is 0.293. The van der Waals surface area contributed by atoms with E-state index in [1.807, 2.05) is 13.8 Å². The lowest BCUT2D eigenvalue weighted by molar-refractivity contribution is -0.137. The topological polar surface area (TPSA) is 49.8 Å². The van der Waals surface area contributed by atoms with Crippen LogP contribution in [-0.4, -0.2) is 15.1 Å². The third-order valence-corrected chi connectivity index (χ3v) is 2.86. The van der Waals surface area contributed by atoms with Crippen LogP contribution >= 0.6 is 12.2 Å². The second-order valence-corrected chi connectivity index (χ2v) is 5.04. The smallest absolute Gasteiger partial charge is 0.332 e. The first-order valence-corrected chi connectivity index (χ1v) is 6.72. The molecule has 0 unspecified atom stereocenters. The molecular formula is C14H13F3N4S. The number of anilines is 2. The highest BCUT2D eigenvalue weighted by Crippen LogP contribution is 2.30. The maximum Gasteiger partial charge on any atom is 0.416 e. The molecule has 0 bridgehead atoms. The fourth-order valence-electron chi connectivity index (χ4n) is 1.82. The molecule has 22 heavy (non-hydrogen) atoms. The Morgan fingerprint density at radius 2 is 1.68 bits per heavy atom. The molecule has 1 aromatic carbocycles. The molecule has 0 amide bonds. The molecule has 2 rings (SSSR count). The van der Waals surface area contributed by atoms with Gasteiger partial charge in [0.1, 0.15) is 0 Å². The van der Waals surface area contributed by atoms with Gasteiger partial charge in [0.25, 0.3) is 0 Å². The summed E-state index contributed by atoms with van der Waals surface area (Å²) in [7, 11) is 0. The van der Waals surface area contributed by atoms with Crippen LogP contribution in [0.1, 0.15) is 17.0 Å². The summed E-state index contributed by atoms with van der Waals surface area (Å²) >= 11 is 5.06. The predicted octanol–water partition coefficient (Wildman–Crippen LogP) is 3.92. The molecule has 0 aliphatic heterocycles. The average molecular weight is 326 g/mol. The molecule has 2 N–H and O–H groups in total. The molecule has 1 heterocycles. The Kier molecular flexibility index (Phi) is 4.60. The minimum absolute atomic E-state index is 0.115. The van der Waals surface area contributed by atoms with E-state index in [9.17, 15) is 13.2 Å². The highest BCUT2D eigenvalue weighted by molar-refractivity contribution is 7.80.